The van der Waals surface area contributed by atoms with Gasteiger partial charge in [-0.3, -0.25) is 9.13 Å². The number of aromatic nitrogens is 2. The highest BCUT2D eigenvalue weighted by molar-refractivity contribution is 5.70. The number of methoxy groups -OCH3 is 2. The second-order valence-electron chi connectivity index (χ2n) is 8.38. The number of benzene rings is 2. The van der Waals surface area contributed by atoms with E-state index >= 15 is 0 Å². The molecule has 3 aromatic rings. The lowest BCUT2D eigenvalue weighted by molar-refractivity contribution is 0.354. The predicted octanol–water partition coefficient (Wildman–Crippen LogP) is 4.15. The van der Waals surface area contributed by atoms with Crippen LogP contribution in [0.5, 0.6) is 11.5 Å². The van der Waals surface area contributed by atoms with Gasteiger partial charge in [-0.1, -0.05) is 17.7 Å². The third-order valence-corrected chi connectivity index (χ3v) is 6.07. The first kappa shape index (κ1) is 21.0. The number of aryl methyl sites for hydroxylation is 3. The molecule has 0 spiro atoms. The van der Waals surface area contributed by atoms with Crippen molar-refractivity contribution in [2.45, 2.75) is 40.2 Å². The zero-order valence-electron chi connectivity index (χ0n) is 19.2. The van der Waals surface area contributed by atoms with Crippen LogP contribution in [0.1, 0.15) is 35.2 Å². The summed E-state index contributed by atoms with van der Waals surface area (Å²) in [5.74, 6) is 1.34. The molecule has 31 heavy (non-hydrogen) atoms. The Bertz CT molecular complexity index is 1290. The lowest BCUT2D eigenvalue weighted by atomic mass is 9.93. The second kappa shape index (κ2) is 7.76. The van der Waals surface area contributed by atoms with Gasteiger partial charge < -0.3 is 9.47 Å². The molecular formula is C25H29N3O3. The molecule has 1 aliphatic rings. The Kier molecular flexibility index (Phi) is 5.25. The van der Waals surface area contributed by atoms with Gasteiger partial charge in [0.05, 0.1) is 25.6 Å². The zero-order chi connectivity index (χ0) is 22.4. The van der Waals surface area contributed by atoms with Crippen molar-refractivity contribution in [1.29, 1.82) is 0 Å². The molecule has 0 radical (unpaired) electrons. The van der Waals surface area contributed by atoms with Gasteiger partial charge in [0.25, 0.3) is 0 Å². The van der Waals surface area contributed by atoms with E-state index in [0.717, 1.165) is 40.1 Å². The van der Waals surface area contributed by atoms with Gasteiger partial charge in [-0.05, 0) is 62.9 Å². The monoisotopic (exact) mass is 419 g/mol. The third-order valence-electron chi connectivity index (χ3n) is 6.07. The van der Waals surface area contributed by atoms with Gasteiger partial charge in [0.2, 0.25) is 0 Å². The quantitative estimate of drug-likeness (QED) is 0.641. The van der Waals surface area contributed by atoms with E-state index in [0.29, 0.717) is 17.0 Å². The molecule has 0 amide bonds. The molecule has 0 saturated carbocycles. The zero-order valence-corrected chi connectivity index (χ0v) is 19.2. The van der Waals surface area contributed by atoms with E-state index in [1.54, 1.807) is 25.8 Å². The maximum absolute atomic E-state index is 13.4. The Morgan fingerprint density at radius 2 is 1.58 bits per heavy atom. The van der Waals surface area contributed by atoms with E-state index in [1.165, 1.54) is 5.56 Å². The molecule has 2 heterocycles. The van der Waals surface area contributed by atoms with Crippen LogP contribution in [-0.4, -0.2) is 23.4 Å². The molecule has 0 N–H and O–H groups in total. The maximum atomic E-state index is 13.4. The predicted molar refractivity (Wildman–Crippen MR) is 123 cm³/mol. The fourth-order valence-corrected chi connectivity index (χ4v) is 4.59. The SMILES string of the molecule is COc1cc2c(cc1OC)-c1cc(=Nc3c(C)cc(C)cc3C)n(C)c(=O)n1[C@H](C)C2. The van der Waals surface area contributed by atoms with Crippen LogP contribution in [0.2, 0.25) is 0 Å². The third kappa shape index (κ3) is 3.46. The van der Waals surface area contributed by atoms with Gasteiger partial charge in [-0.15, -0.1) is 0 Å². The Morgan fingerprint density at radius 3 is 2.19 bits per heavy atom. The molecular weight excluding hydrogens is 390 g/mol. The highest BCUT2D eigenvalue weighted by Gasteiger charge is 2.26. The number of ether oxygens (including phenoxy) is 2. The van der Waals surface area contributed by atoms with Gasteiger partial charge >= 0.3 is 5.69 Å². The van der Waals surface area contributed by atoms with Crippen LogP contribution in [0.15, 0.2) is 40.1 Å². The first-order valence-electron chi connectivity index (χ1n) is 10.5. The van der Waals surface area contributed by atoms with Gasteiger partial charge in [0.1, 0.15) is 5.49 Å². The Labute approximate surface area is 182 Å². The lowest BCUT2D eigenvalue weighted by Crippen LogP contribution is -2.41. The average molecular weight is 420 g/mol. The summed E-state index contributed by atoms with van der Waals surface area (Å²) in [6.45, 7) is 8.25. The van der Waals surface area contributed by atoms with Crippen molar-refractivity contribution in [1.82, 2.24) is 9.13 Å². The molecule has 162 valence electrons. The summed E-state index contributed by atoms with van der Waals surface area (Å²) >= 11 is 0. The molecule has 0 aliphatic carbocycles. The molecule has 6 heteroatoms. The summed E-state index contributed by atoms with van der Waals surface area (Å²) in [7, 11) is 5.04. The lowest BCUT2D eigenvalue weighted by Gasteiger charge is -2.28. The number of hydrogen-bond donors (Lipinski definition) is 0. The fourth-order valence-electron chi connectivity index (χ4n) is 4.59. The smallest absolute Gasteiger partial charge is 0.330 e. The van der Waals surface area contributed by atoms with E-state index in [9.17, 15) is 4.79 Å². The Morgan fingerprint density at radius 1 is 0.968 bits per heavy atom. The van der Waals surface area contributed by atoms with E-state index < -0.39 is 0 Å². The van der Waals surface area contributed by atoms with Crippen molar-refractivity contribution in [3.8, 4) is 22.8 Å². The highest BCUT2D eigenvalue weighted by atomic mass is 16.5. The minimum Gasteiger partial charge on any atom is -0.493 e. The fraction of sp³-hybridized carbons (Fsp3) is 0.360. The Balaban J connectivity index is 2.03. The van der Waals surface area contributed by atoms with E-state index in [1.807, 2.05) is 22.8 Å². The molecule has 6 nitrogen and oxygen atoms in total. The first-order chi connectivity index (χ1) is 14.7. The molecule has 1 atom stereocenters. The molecule has 2 aromatic carbocycles. The van der Waals surface area contributed by atoms with Crippen molar-refractivity contribution in [3.63, 3.8) is 0 Å². The van der Waals surface area contributed by atoms with Crippen LogP contribution < -0.4 is 20.7 Å². The van der Waals surface area contributed by atoms with Crippen molar-refractivity contribution >= 4 is 5.69 Å². The highest BCUT2D eigenvalue weighted by Crippen LogP contribution is 2.40. The minimum atomic E-state index is -0.0772. The summed E-state index contributed by atoms with van der Waals surface area (Å²) in [4.78, 5) is 18.3. The maximum Gasteiger partial charge on any atom is 0.330 e. The standard InChI is InChI=1S/C25H29N3O3/c1-14-8-15(2)24(16(3)9-14)26-23-13-20-19-12-22(31-7)21(30-6)11-18(19)10-17(4)28(20)25(29)27(23)5/h8-9,11-13,17H,10H2,1-7H3/t17-/m1/s1. The molecule has 0 saturated heterocycles. The largest absolute Gasteiger partial charge is 0.493 e. The van der Waals surface area contributed by atoms with Gasteiger partial charge in [-0.2, -0.15) is 0 Å². The molecule has 0 unspecified atom stereocenters. The summed E-state index contributed by atoms with van der Waals surface area (Å²) in [5, 5.41) is 0. The molecule has 1 aliphatic heterocycles. The van der Waals surface area contributed by atoms with Crippen LogP contribution in [0.3, 0.4) is 0 Å². The number of rotatable bonds is 3. The van der Waals surface area contributed by atoms with E-state index in [2.05, 4.69) is 39.8 Å². The van der Waals surface area contributed by atoms with Gasteiger partial charge in [0, 0.05) is 24.7 Å². The first-order valence-corrected chi connectivity index (χ1v) is 10.5. The summed E-state index contributed by atoms with van der Waals surface area (Å²) < 4.78 is 14.5. The van der Waals surface area contributed by atoms with Crippen molar-refractivity contribution in [3.05, 3.63) is 68.6 Å². The number of fused-ring (bicyclic) bond motifs is 3. The van der Waals surface area contributed by atoms with Crippen molar-refractivity contribution < 1.29 is 9.47 Å². The summed E-state index contributed by atoms with van der Waals surface area (Å²) in [5.41, 5.74) is 7.79. The molecule has 0 bridgehead atoms. The van der Waals surface area contributed by atoms with E-state index in [-0.39, 0.29) is 11.7 Å². The normalized spacial score (nSPS) is 15.5. The minimum absolute atomic E-state index is 0.0243. The summed E-state index contributed by atoms with van der Waals surface area (Å²) in [6.07, 6.45) is 0.745. The topological polar surface area (TPSA) is 57.8 Å². The molecule has 1 aromatic heterocycles. The van der Waals surface area contributed by atoms with E-state index in [4.69, 9.17) is 14.5 Å². The summed E-state index contributed by atoms with van der Waals surface area (Å²) in [6, 6.07) is 10.2. The average Bonchev–Trinajstić information content (AvgIpc) is 2.72. The number of hydrogen-bond acceptors (Lipinski definition) is 4. The number of nitrogens with zero attached hydrogens (tertiary/aromatic N) is 3. The second-order valence-corrected chi connectivity index (χ2v) is 8.38. The van der Waals surface area contributed by atoms with Gasteiger partial charge in [-0.25, -0.2) is 9.79 Å². The molecule has 0 fully saturated rings. The van der Waals surface area contributed by atoms with Gasteiger partial charge in [0.15, 0.2) is 11.5 Å². The van der Waals surface area contributed by atoms with Crippen LogP contribution in [0.25, 0.3) is 11.3 Å². The van der Waals surface area contributed by atoms with Crippen molar-refractivity contribution in [2.24, 2.45) is 12.0 Å². The van der Waals surface area contributed by atoms with Crippen LogP contribution in [0.4, 0.5) is 5.69 Å². The van der Waals surface area contributed by atoms with Crippen molar-refractivity contribution in [2.75, 3.05) is 14.2 Å². The Hall–Kier alpha value is -3.28. The van der Waals surface area contributed by atoms with Crippen LogP contribution in [0, 0.1) is 20.8 Å². The van der Waals surface area contributed by atoms with Crippen LogP contribution >= 0.6 is 0 Å². The molecule has 4 rings (SSSR count). The van der Waals surface area contributed by atoms with Crippen LogP contribution in [-0.2, 0) is 13.5 Å².